The van der Waals surface area contributed by atoms with Crippen molar-refractivity contribution in [1.82, 2.24) is 5.32 Å². The van der Waals surface area contributed by atoms with E-state index in [2.05, 4.69) is 27.7 Å². The van der Waals surface area contributed by atoms with E-state index >= 15 is 0 Å². The maximum absolute atomic E-state index is 12.2. The molecule has 3 rings (SSSR count). The van der Waals surface area contributed by atoms with Gasteiger partial charge in [0.1, 0.15) is 0 Å². The lowest BCUT2D eigenvalue weighted by molar-refractivity contribution is -0.119. The Morgan fingerprint density at radius 1 is 1.09 bits per heavy atom. The lowest BCUT2D eigenvalue weighted by Crippen LogP contribution is -2.37. The fourth-order valence-corrected chi connectivity index (χ4v) is 2.70. The van der Waals surface area contributed by atoms with E-state index in [-0.39, 0.29) is 5.91 Å². The molecule has 1 amide bonds. The average Bonchev–Trinajstić information content (AvgIpc) is 2.77. The van der Waals surface area contributed by atoms with E-state index in [1.165, 1.54) is 0 Å². The number of hydrogen-bond acceptors (Lipinski definition) is 3. The maximum Gasteiger partial charge on any atom is 0.239 e. The molecule has 0 atom stereocenters. The lowest BCUT2D eigenvalue weighted by atomic mass is 10.2. The topological polar surface area (TPSA) is 44.4 Å². The minimum atomic E-state index is 0.0561. The lowest BCUT2D eigenvalue weighted by Gasteiger charge is -2.23. The van der Waals surface area contributed by atoms with Gasteiger partial charge in [-0.3, -0.25) is 4.79 Å². The van der Waals surface area contributed by atoms with Gasteiger partial charge in [0.15, 0.2) is 0 Å². The standard InChI is InChI=1S/C18H21N3O/c22-18(20-13-15-7-2-1-3-8-15)14-21-12-6-11-19-16-9-4-5-10-17(16)21/h1-5,7-10,19H,6,11-14H2,(H,20,22). The van der Waals surface area contributed by atoms with Gasteiger partial charge in [0.25, 0.3) is 0 Å². The molecule has 0 bridgehead atoms. The molecule has 4 nitrogen and oxygen atoms in total. The first-order valence-corrected chi connectivity index (χ1v) is 7.71. The number of nitrogens with one attached hydrogen (secondary N) is 2. The molecule has 2 N–H and O–H groups in total. The molecule has 0 saturated heterocycles. The van der Waals surface area contributed by atoms with Crippen LogP contribution in [-0.2, 0) is 11.3 Å². The molecule has 22 heavy (non-hydrogen) atoms. The van der Waals surface area contributed by atoms with Gasteiger partial charge in [0.05, 0.1) is 17.9 Å². The Bertz CT molecular complexity index is 627. The van der Waals surface area contributed by atoms with Crippen molar-refractivity contribution >= 4 is 17.3 Å². The monoisotopic (exact) mass is 295 g/mol. The second-order valence-electron chi connectivity index (χ2n) is 5.48. The summed E-state index contributed by atoms with van der Waals surface area (Å²) in [6.45, 7) is 2.81. The van der Waals surface area contributed by atoms with Crippen molar-refractivity contribution in [3.63, 3.8) is 0 Å². The predicted molar refractivity (Wildman–Crippen MR) is 90.1 cm³/mol. The summed E-state index contributed by atoms with van der Waals surface area (Å²) >= 11 is 0. The van der Waals surface area contributed by atoms with Crippen LogP contribution in [0, 0.1) is 0 Å². The number of nitrogens with zero attached hydrogens (tertiary/aromatic N) is 1. The quantitative estimate of drug-likeness (QED) is 0.911. The van der Waals surface area contributed by atoms with Gasteiger partial charge < -0.3 is 15.5 Å². The van der Waals surface area contributed by atoms with Gasteiger partial charge in [-0.25, -0.2) is 0 Å². The highest BCUT2D eigenvalue weighted by Crippen LogP contribution is 2.27. The Labute approximate surface area is 131 Å². The van der Waals surface area contributed by atoms with Crippen molar-refractivity contribution in [1.29, 1.82) is 0 Å². The molecule has 1 aliphatic heterocycles. The van der Waals surface area contributed by atoms with Gasteiger partial charge in [-0.15, -0.1) is 0 Å². The van der Waals surface area contributed by atoms with Gasteiger partial charge in [-0.2, -0.15) is 0 Å². The molecule has 0 unspecified atom stereocenters. The average molecular weight is 295 g/mol. The third kappa shape index (κ3) is 3.58. The Morgan fingerprint density at radius 2 is 1.86 bits per heavy atom. The molecule has 1 heterocycles. The second kappa shape index (κ2) is 6.98. The molecule has 1 aliphatic rings. The Kier molecular flexibility index (Phi) is 4.59. The maximum atomic E-state index is 12.2. The number of benzene rings is 2. The number of fused-ring (bicyclic) bond motifs is 1. The summed E-state index contributed by atoms with van der Waals surface area (Å²) < 4.78 is 0. The van der Waals surface area contributed by atoms with Crippen LogP contribution in [0.15, 0.2) is 54.6 Å². The summed E-state index contributed by atoms with van der Waals surface area (Å²) in [6.07, 6.45) is 1.03. The number of anilines is 2. The summed E-state index contributed by atoms with van der Waals surface area (Å²) in [4.78, 5) is 14.4. The fraction of sp³-hybridized carbons (Fsp3) is 0.278. The molecule has 0 fully saturated rings. The molecule has 0 aliphatic carbocycles. The zero-order chi connectivity index (χ0) is 15.2. The predicted octanol–water partition coefficient (Wildman–Crippen LogP) is 2.62. The first kappa shape index (κ1) is 14.4. The number of rotatable bonds is 4. The summed E-state index contributed by atoms with van der Waals surface area (Å²) in [6, 6.07) is 18.2. The first-order valence-electron chi connectivity index (χ1n) is 7.71. The second-order valence-corrected chi connectivity index (χ2v) is 5.48. The van der Waals surface area contributed by atoms with Gasteiger partial charge >= 0.3 is 0 Å². The molecule has 0 radical (unpaired) electrons. The van der Waals surface area contributed by atoms with Crippen molar-refractivity contribution in [2.24, 2.45) is 0 Å². The fourth-order valence-electron chi connectivity index (χ4n) is 2.70. The minimum absolute atomic E-state index is 0.0561. The number of para-hydroxylation sites is 2. The highest BCUT2D eigenvalue weighted by molar-refractivity contribution is 5.83. The van der Waals surface area contributed by atoms with Crippen LogP contribution in [0.25, 0.3) is 0 Å². The van der Waals surface area contributed by atoms with Crippen LogP contribution in [0.4, 0.5) is 11.4 Å². The number of carbonyl (C=O) groups excluding carboxylic acids is 1. The largest absolute Gasteiger partial charge is 0.383 e. The molecular formula is C18H21N3O. The Hall–Kier alpha value is -2.49. The molecule has 114 valence electrons. The van der Waals surface area contributed by atoms with Crippen molar-refractivity contribution < 1.29 is 4.79 Å². The van der Waals surface area contributed by atoms with Crippen molar-refractivity contribution in [2.45, 2.75) is 13.0 Å². The van der Waals surface area contributed by atoms with Crippen molar-refractivity contribution in [2.75, 3.05) is 29.9 Å². The van der Waals surface area contributed by atoms with Gasteiger partial charge in [0.2, 0.25) is 5.91 Å². The van der Waals surface area contributed by atoms with Crippen LogP contribution in [0.5, 0.6) is 0 Å². The molecular weight excluding hydrogens is 274 g/mol. The van der Waals surface area contributed by atoms with E-state index < -0.39 is 0 Å². The molecule has 0 saturated carbocycles. The van der Waals surface area contributed by atoms with Crippen molar-refractivity contribution in [3.05, 3.63) is 60.2 Å². The van der Waals surface area contributed by atoms with E-state index in [0.717, 1.165) is 36.4 Å². The van der Waals surface area contributed by atoms with Crippen LogP contribution in [0.2, 0.25) is 0 Å². The summed E-state index contributed by atoms with van der Waals surface area (Å²) in [7, 11) is 0. The number of hydrogen-bond donors (Lipinski definition) is 2. The van der Waals surface area contributed by atoms with E-state index in [1.807, 2.05) is 42.5 Å². The number of amides is 1. The third-order valence-electron chi connectivity index (χ3n) is 3.83. The summed E-state index contributed by atoms with van der Waals surface area (Å²) in [5, 5.41) is 6.41. The van der Waals surface area contributed by atoms with Crippen LogP contribution < -0.4 is 15.5 Å². The summed E-state index contributed by atoms with van der Waals surface area (Å²) in [5.41, 5.74) is 3.33. The molecule has 0 aromatic heterocycles. The normalized spacial score (nSPS) is 13.7. The molecule has 2 aromatic rings. The molecule has 2 aromatic carbocycles. The smallest absolute Gasteiger partial charge is 0.239 e. The SMILES string of the molecule is O=C(CN1CCCNc2ccccc21)NCc1ccccc1. The molecule has 4 heteroatoms. The Balaban J connectivity index is 1.61. The van der Waals surface area contributed by atoms with Gasteiger partial charge in [-0.05, 0) is 24.1 Å². The first-order chi connectivity index (χ1) is 10.8. The third-order valence-corrected chi connectivity index (χ3v) is 3.83. The van der Waals surface area contributed by atoms with Gasteiger partial charge in [-0.1, -0.05) is 42.5 Å². The summed E-state index contributed by atoms with van der Waals surface area (Å²) in [5.74, 6) is 0.0561. The Morgan fingerprint density at radius 3 is 2.73 bits per heavy atom. The highest BCUT2D eigenvalue weighted by Gasteiger charge is 2.16. The number of carbonyl (C=O) groups is 1. The van der Waals surface area contributed by atoms with Gasteiger partial charge in [0, 0.05) is 19.6 Å². The van der Waals surface area contributed by atoms with Crippen LogP contribution in [-0.4, -0.2) is 25.5 Å². The van der Waals surface area contributed by atoms with Crippen LogP contribution >= 0.6 is 0 Å². The zero-order valence-electron chi connectivity index (χ0n) is 12.6. The molecule has 0 spiro atoms. The minimum Gasteiger partial charge on any atom is -0.383 e. The van der Waals surface area contributed by atoms with Crippen molar-refractivity contribution in [3.8, 4) is 0 Å². The van der Waals surface area contributed by atoms with E-state index in [4.69, 9.17) is 0 Å². The highest BCUT2D eigenvalue weighted by atomic mass is 16.2. The van der Waals surface area contributed by atoms with E-state index in [1.54, 1.807) is 0 Å². The van der Waals surface area contributed by atoms with Crippen LogP contribution in [0.3, 0.4) is 0 Å². The zero-order valence-corrected chi connectivity index (χ0v) is 12.6. The van der Waals surface area contributed by atoms with E-state index in [0.29, 0.717) is 13.1 Å². The van der Waals surface area contributed by atoms with Crippen LogP contribution in [0.1, 0.15) is 12.0 Å². The van der Waals surface area contributed by atoms with E-state index in [9.17, 15) is 4.79 Å².